The van der Waals surface area contributed by atoms with Crippen LogP contribution in [0.5, 0.6) is 0 Å². The number of aryl methyl sites for hydroxylation is 1. The lowest BCUT2D eigenvalue weighted by Gasteiger charge is -2.26. The highest BCUT2D eigenvalue weighted by Crippen LogP contribution is 2.82. The number of aliphatic imine (C=N–C) groups is 1. The highest BCUT2D eigenvalue weighted by molar-refractivity contribution is 6.00. The molecule has 0 amide bonds. The molecule has 1 saturated heterocycles. The maximum Gasteiger partial charge on any atom is 0.293 e. The van der Waals surface area contributed by atoms with E-state index in [0.717, 1.165) is 11.1 Å². The maximum atomic E-state index is 9.94. The van der Waals surface area contributed by atoms with E-state index in [1.165, 1.54) is 0 Å². The molecule has 0 unspecified atom stereocenters. The van der Waals surface area contributed by atoms with Crippen molar-refractivity contribution < 1.29 is 9.47 Å². The zero-order chi connectivity index (χ0) is 15.6. The molecule has 3 atom stereocenters. The van der Waals surface area contributed by atoms with E-state index in [4.69, 9.17) is 15.2 Å². The van der Waals surface area contributed by atoms with Crippen molar-refractivity contribution >= 4 is 5.84 Å². The first-order chi connectivity index (χ1) is 10.6. The molecular weight excluding hydrogens is 280 g/mol. The van der Waals surface area contributed by atoms with E-state index in [2.05, 4.69) is 17.1 Å². The number of nitrogens with two attached hydrogens (primary N) is 1. The molecule has 0 bridgehead atoms. The Morgan fingerprint density at radius 2 is 1.91 bits per heavy atom. The fraction of sp³-hybridized carbons (Fsp3) is 0.438. The highest BCUT2D eigenvalue weighted by Gasteiger charge is 2.94. The normalized spacial score (nSPS) is 37.2. The topological polar surface area (TPSA) is 104 Å². The molecule has 1 spiro atoms. The van der Waals surface area contributed by atoms with Gasteiger partial charge in [0.25, 0.3) is 5.91 Å². The van der Waals surface area contributed by atoms with Gasteiger partial charge in [-0.25, -0.2) is 4.99 Å². The Morgan fingerprint density at radius 3 is 2.50 bits per heavy atom. The Bertz CT molecular complexity index is 784. The minimum absolute atomic E-state index is 0.131. The second-order valence-corrected chi connectivity index (χ2v) is 5.91. The number of ether oxygens (including phenoxy) is 2. The van der Waals surface area contributed by atoms with Crippen LogP contribution in [0, 0.1) is 40.4 Å². The van der Waals surface area contributed by atoms with Crippen molar-refractivity contribution in [3.05, 3.63) is 35.4 Å². The second kappa shape index (κ2) is 3.86. The molecule has 2 fully saturated rings. The summed E-state index contributed by atoms with van der Waals surface area (Å²) in [5.74, 6) is -1.72. The quantitative estimate of drug-likeness (QED) is 0.837. The maximum absolute atomic E-state index is 9.94. The molecule has 0 radical (unpaired) electrons. The van der Waals surface area contributed by atoms with Gasteiger partial charge in [-0.05, 0) is 18.1 Å². The van der Waals surface area contributed by atoms with Crippen molar-refractivity contribution in [1.29, 1.82) is 10.5 Å². The molecule has 6 heteroatoms. The number of fused-ring (bicyclic) bond motifs is 2. The van der Waals surface area contributed by atoms with Gasteiger partial charge in [0.2, 0.25) is 0 Å². The smallest absolute Gasteiger partial charge is 0.293 e. The van der Waals surface area contributed by atoms with E-state index in [0.29, 0.717) is 13.2 Å². The van der Waals surface area contributed by atoms with Gasteiger partial charge in [0.15, 0.2) is 5.41 Å². The van der Waals surface area contributed by atoms with Crippen LogP contribution in [0.3, 0.4) is 0 Å². The molecule has 1 aliphatic carbocycles. The molecule has 4 rings (SSSR count). The first kappa shape index (κ1) is 13.3. The predicted octanol–water partition coefficient (Wildman–Crippen LogP) is 1.18. The summed E-state index contributed by atoms with van der Waals surface area (Å²) in [6.45, 7) is 2.63. The standard InChI is InChI=1S/C16H14N4O2/c1-10-4-2-3-5-11(10)12-14(8-17)13(19)20-16(15(12,14)9-18)21-6-7-22-16/h2-5,12H,6-7H2,1H3,(H2,19,20)/t12-,14+,15+/m0/s1. The minimum atomic E-state index is -1.45. The highest BCUT2D eigenvalue weighted by atomic mass is 16.8. The Hall–Kier alpha value is -2.41. The van der Waals surface area contributed by atoms with Crippen LogP contribution in [0.25, 0.3) is 0 Å². The lowest BCUT2D eigenvalue weighted by Crippen LogP contribution is -2.38. The van der Waals surface area contributed by atoms with Crippen LogP contribution in [-0.2, 0) is 9.47 Å². The van der Waals surface area contributed by atoms with Gasteiger partial charge in [0.05, 0.1) is 25.4 Å². The van der Waals surface area contributed by atoms with Crippen LogP contribution in [0.4, 0.5) is 0 Å². The van der Waals surface area contributed by atoms with Crippen LogP contribution in [-0.4, -0.2) is 25.0 Å². The molecule has 3 aliphatic rings. The summed E-state index contributed by atoms with van der Waals surface area (Å²) in [6, 6.07) is 12.2. The molecule has 22 heavy (non-hydrogen) atoms. The number of benzene rings is 1. The lowest BCUT2D eigenvalue weighted by atomic mass is 9.93. The van der Waals surface area contributed by atoms with Crippen molar-refractivity contribution in [1.82, 2.24) is 0 Å². The van der Waals surface area contributed by atoms with Crippen molar-refractivity contribution in [3.63, 3.8) is 0 Å². The monoisotopic (exact) mass is 294 g/mol. The summed E-state index contributed by atoms with van der Waals surface area (Å²) < 4.78 is 11.4. The Labute approximate surface area is 127 Å². The zero-order valence-electron chi connectivity index (χ0n) is 12.0. The van der Waals surface area contributed by atoms with Crippen LogP contribution in [0.15, 0.2) is 29.3 Å². The zero-order valence-corrected chi connectivity index (χ0v) is 12.0. The number of hydrogen-bond acceptors (Lipinski definition) is 6. The Kier molecular flexibility index (Phi) is 2.33. The van der Waals surface area contributed by atoms with Crippen LogP contribution < -0.4 is 5.73 Å². The van der Waals surface area contributed by atoms with Gasteiger partial charge in [-0.1, -0.05) is 24.3 Å². The summed E-state index contributed by atoms with van der Waals surface area (Å²) >= 11 is 0. The van der Waals surface area contributed by atoms with E-state index in [1.807, 2.05) is 31.2 Å². The average molecular weight is 294 g/mol. The Morgan fingerprint density at radius 1 is 1.23 bits per heavy atom. The minimum Gasteiger partial charge on any atom is -0.386 e. The van der Waals surface area contributed by atoms with Gasteiger partial charge >= 0.3 is 0 Å². The summed E-state index contributed by atoms with van der Waals surface area (Å²) in [5, 5.41) is 19.8. The first-order valence-corrected chi connectivity index (χ1v) is 7.11. The SMILES string of the molecule is Cc1ccccc1[C@H]1[C@]2(C#N)C(N)=NC3(OCCO3)[C@]12C#N. The van der Waals surface area contributed by atoms with Crippen molar-refractivity contribution in [2.75, 3.05) is 13.2 Å². The summed E-state index contributed by atoms with van der Waals surface area (Å²) in [5.41, 5.74) is 5.60. The number of nitriles is 2. The van der Waals surface area contributed by atoms with Crippen molar-refractivity contribution in [2.24, 2.45) is 21.6 Å². The number of nitrogens with zero attached hydrogens (tertiary/aromatic N) is 3. The van der Waals surface area contributed by atoms with Crippen molar-refractivity contribution in [2.45, 2.75) is 18.8 Å². The molecule has 1 aromatic rings. The van der Waals surface area contributed by atoms with Gasteiger partial charge in [-0.15, -0.1) is 0 Å². The average Bonchev–Trinajstić information content (AvgIpc) is 2.76. The van der Waals surface area contributed by atoms with E-state index in [1.54, 1.807) is 0 Å². The summed E-state index contributed by atoms with van der Waals surface area (Å²) in [4.78, 5) is 4.25. The molecule has 2 heterocycles. The van der Waals surface area contributed by atoms with Crippen LogP contribution >= 0.6 is 0 Å². The third kappa shape index (κ3) is 1.09. The summed E-state index contributed by atoms with van der Waals surface area (Å²) in [6.07, 6.45) is 0. The van der Waals surface area contributed by atoms with E-state index < -0.39 is 22.7 Å². The second-order valence-electron chi connectivity index (χ2n) is 5.91. The van der Waals surface area contributed by atoms with Crippen LogP contribution in [0.2, 0.25) is 0 Å². The molecule has 1 saturated carbocycles. The molecule has 110 valence electrons. The third-order valence-electron chi connectivity index (χ3n) is 5.11. The third-order valence-corrected chi connectivity index (χ3v) is 5.11. The van der Waals surface area contributed by atoms with Crippen molar-refractivity contribution in [3.8, 4) is 12.1 Å². The number of amidine groups is 1. The molecule has 0 aromatic heterocycles. The van der Waals surface area contributed by atoms with Gasteiger partial charge in [0.1, 0.15) is 11.3 Å². The molecule has 1 aromatic carbocycles. The number of rotatable bonds is 1. The number of hydrogen-bond donors (Lipinski definition) is 1. The summed E-state index contributed by atoms with van der Waals surface area (Å²) in [7, 11) is 0. The van der Waals surface area contributed by atoms with Gasteiger partial charge in [0, 0.05) is 5.92 Å². The molecule has 6 nitrogen and oxygen atoms in total. The van der Waals surface area contributed by atoms with Gasteiger partial charge in [-0.2, -0.15) is 10.5 Å². The molecule has 2 N–H and O–H groups in total. The first-order valence-electron chi connectivity index (χ1n) is 7.11. The molecular formula is C16H14N4O2. The van der Waals surface area contributed by atoms with Gasteiger partial charge < -0.3 is 15.2 Å². The molecule has 2 aliphatic heterocycles. The van der Waals surface area contributed by atoms with E-state index in [-0.39, 0.29) is 5.84 Å². The fourth-order valence-corrected chi connectivity index (χ4v) is 4.10. The Balaban J connectivity index is 1.97. The predicted molar refractivity (Wildman–Crippen MR) is 76.3 cm³/mol. The largest absolute Gasteiger partial charge is 0.386 e. The van der Waals surface area contributed by atoms with Crippen LogP contribution in [0.1, 0.15) is 17.0 Å². The lowest BCUT2D eigenvalue weighted by molar-refractivity contribution is -0.184. The van der Waals surface area contributed by atoms with Gasteiger partial charge in [-0.3, -0.25) is 0 Å². The van der Waals surface area contributed by atoms with E-state index in [9.17, 15) is 10.5 Å². The van der Waals surface area contributed by atoms with E-state index >= 15 is 0 Å². The fourth-order valence-electron chi connectivity index (χ4n) is 4.10.